The number of ketones is 1. The number of hydrogen-bond donors (Lipinski definition) is 6. The van der Waals surface area contributed by atoms with E-state index in [9.17, 15) is 39.3 Å². The zero-order chi connectivity index (χ0) is 47.4. The Balaban J connectivity index is 0.00000102. The third-order valence-electron chi connectivity index (χ3n) is 13.0. The molecule has 0 bridgehead atoms. The molecule has 4 rings (SSSR count). The quantitative estimate of drug-likeness (QED) is 0.171. The maximum Gasteiger partial charge on any atom is 0.509 e. The number of fused-ring (bicyclic) bond motifs is 1. The molecule has 19 atom stereocenters. The smallest absolute Gasteiger partial charge is 0.481 e. The van der Waals surface area contributed by atoms with Crippen molar-refractivity contribution in [2.24, 2.45) is 29.4 Å². The Labute approximate surface area is 363 Å². The van der Waals surface area contributed by atoms with E-state index in [0.717, 1.165) is 0 Å². The lowest BCUT2D eigenvalue weighted by molar-refractivity contribution is -0.318. The van der Waals surface area contributed by atoms with Gasteiger partial charge >= 0.3 is 24.1 Å². The Morgan fingerprint density at radius 2 is 1.55 bits per heavy atom. The number of aliphatic hydroxyl groups excluding tert-OH is 2. The number of esters is 1. The number of carbonyl (C=O) groups excluding carboxylic acids is 3. The van der Waals surface area contributed by atoms with Gasteiger partial charge in [-0.2, -0.15) is 0 Å². The highest BCUT2D eigenvalue weighted by molar-refractivity contribution is 5.84. The minimum Gasteiger partial charge on any atom is -0.481 e. The minimum absolute atomic E-state index is 0.0996. The van der Waals surface area contributed by atoms with E-state index in [-0.39, 0.29) is 37.2 Å². The maximum absolute atomic E-state index is 14.3. The lowest BCUT2D eigenvalue weighted by atomic mass is 9.74. The van der Waals surface area contributed by atoms with Gasteiger partial charge in [0.2, 0.25) is 0 Å². The molecule has 0 aliphatic carbocycles. The van der Waals surface area contributed by atoms with Gasteiger partial charge in [0.25, 0.3) is 0 Å². The molecular weight excluding hydrogens is 820 g/mol. The molecule has 20 heteroatoms. The van der Waals surface area contributed by atoms with Crippen molar-refractivity contribution < 1.29 is 87.4 Å². The lowest BCUT2D eigenvalue weighted by Crippen LogP contribution is -2.61. The number of carbonyl (C=O) groups is 5. The molecule has 0 aromatic heterocycles. The van der Waals surface area contributed by atoms with Crippen LogP contribution in [-0.4, -0.2) is 172 Å². The van der Waals surface area contributed by atoms with Gasteiger partial charge in [-0.1, -0.05) is 27.7 Å². The van der Waals surface area contributed by atoms with Crippen molar-refractivity contribution >= 4 is 29.8 Å². The number of carboxylic acid groups (broad SMARTS) is 2. The van der Waals surface area contributed by atoms with Crippen LogP contribution >= 0.6 is 0 Å². The molecule has 0 radical (unpaired) electrons. The van der Waals surface area contributed by atoms with Crippen LogP contribution in [0.25, 0.3) is 0 Å². The molecule has 62 heavy (non-hydrogen) atoms. The first kappa shape index (κ1) is 53.3. The van der Waals surface area contributed by atoms with E-state index in [1.165, 1.54) is 7.11 Å². The molecule has 20 nitrogen and oxygen atoms in total. The third kappa shape index (κ3) is 12.2. The molecule has 0 aromatic carbocycles. The van der Waals surface area contributed by atoms with E-state index in [1.807, 2.05) is 25.9 Å². The van der Waals surface area contributed by atoms with Crippen molar-refractivity contribution in [2.45, 2.75) is 192 Å². The van der Waals surface area contributed by atoms with Crippen LogP contribution in [0.4, 0.5) is 4.79 Å². The first-order valence-corrected chi connectivity index (χ1v) is 21.3. The highest BCUT2D eigenvalue weighted by Crippen LogP contribution is 2.43. The zero-order valence-electron chi connectivity index (χ0n) is 38.3. The summed E-state index contributed by atoms with van der Waals surface area (Å²) in [5.41, 5.74) is 0.509. The number of carboxylic acids is 2. The molecule has 0 spiro atoms. The van der Waals surface area contributed by atoms with E-state index in [2.05, 4.69) is 0 Å². The van der Waals surface area contributed by atoms with Crippen LogP contribution in [0, 0.1) is 23.7 Å². The molecule has 4 aliphatic rings. The molecule has 358 valence electrons. The average molecular weight is 893 g/mol. The number of ether oxygens (including phenoxy) is 8. The molecule has 0 amide bonds. The summed E-state index contributed by atoms with van der Waals surface area (Å²) in [7, 11) is 5.20. The van der Waals surface area contributed by atoms with E-state index in [1.54, 1.807) is 62.3 Å². The number of nitrogens with two attached hydrogens (primary N) is 1. The van der Waals surface area contributed by atoms with Crippen LogP contribution in [0.15, 0.2) is 0 Å². The van der Waals surface area contributed by atoms with Gasteiger partial charge in [0, 0.05) is 31.4 Å². The summed E-state index contributed by atoms with van der Waals surface area (Å²) in [6.07, 6.45) is -10.3. The number of aliphatic hydroxyl groups is 3. The standard InChI is InChI=1S/C38H65NO14.C4H7NO4/c1-14-25-38(10)32(52-35(44)53-38)20(4)27(40)18(2)16-36(8,45)31(51-34-28(41)24(39(11)12)15-19(3)47-34)21(5)29(22(6)33(43)49-25)50-26-17-37(9,46-13)30(42)23(7)48-26;5-2(4(8)9)1-3(6)7/h18-26,28-32,34,41-42,45H,14-17H2,1-13H3;2H,1,5H2,(H,6,7)(H,8,9)/t18-,19-,20+,21+,22-,23+,24+,25-,26+,28-,29+,30+,31?,32-,34+,36-,37-,38-;2-/m11/s1. The number of aliphatic carboxylic acids is 2. The van der Waals surface area contributed by atoms with E-state index >= 15 is 0 Å². The molecule has 4 saturated heterocycles. The normalized spacial score (nSPS) is 43.8. The van der Waals surface area contributed by atoms with Gasteiger partial charge in [0.05, 0.1) is 53.9 Å². The van der Waals surface area contributed by atoms with Gasteiger partial charge in [-0.05, 0) is 74.9 Å². The van der Waals surface area contributed by atoms with Gasteiger partial charge in [0.15, 0.2) is 24.3 Å². The fourth-order valence-electron chi connectivity index (χ4n) is 9.30. The topological polar surface area (TPSA) is 290 Å². The fourth-order valence-corrected chi connectivity index (χ4v) is 9.30. The number of likely N-dealkylation sites (N-methyl/N-ethyl adjacent to an activating group) is 1. The van der Waals surface area contributed by atoms with Gasteiger partial charge in [0.1, 0.15) is 30.1 Å². The number of cyclic esters (lactones) is 1. The molecule has 0 aromatic rings. The van der Waals surface area contributed by atoms with Gasteiger partial charge in [-0.3, -0.25) is 19.2 Å². The van der Waals surface area contributed by atoms with Crippen molar-refractivity contribution in [2.75, 3.05) is 21.2 Å². The average Bonchev–Trinajstić information content (AvgIpc) is 3.49. The number of Topliss-reactive ketones (excluding diaryl/α,β-unsaturated/α-hetero) is 1. The second kappa shape index (κ2) is 21.3. The lowest BCUT2D eigenvalue weighted by Gasteiger charge is -2.49. The largest absolute Gasteiger partial charge is 0.509 e. The third-order valence-corrected chi connectivity index (χ3v) is 13.0. The van der Waals surface area contributed by atoms with Crippen LogP contribution in [0.3, 0.4) is 0 Å². The molecule has 4 heterocycles. The number of nitrogens with zero attached hydrogens (tertiary/aromatic N) is 1. The van der Waals surface area contributed by atoms with Gasteiger partial charge in [-0.25, -0.2) is 4.79 Å². The first-order chi connectivity index (χ1) is 28.5. The van der Waals surface area contributed by atoms with Crippen molar-refractivity contribution in [3.05, 3.63) is 0 Å². The highest BCUT2D eigenvalue weighted by Gasteiger charge is 2.59. The monoisotopic (exact) mass is 892 g/mol. The zero-order valence-corrected chi connectivity index (χ0v) is 38.3. The Morgan fingerprint density at radius 1 is 0.935 bits per heavy atom. The summed E-state index contributed by atoms with van der Waals surface area (Å²) < 4.78 is 48.7. The summed E-state index contributed by atoms with van der Waals surface area (Å²) in [6, 6.07) is -1.61. The summed E-state index contributed by atoms with van der Waals surface area (Å²) in [6.45, 7) is 16.9. The predicted octanol–water partition coefficient (Wildman–Crippen LogP) is 1.84. The molecule has 0 saturated carbocycles. The fraction of sp³-hybridized carbons (Fsp3) is 0.881. The number of methoxy groups -OCH3 is 1. The Bertz CT molecular complexity index is 1560. The highest BCUT2D eigenvalue weighted by atomic mass is 16.8. The van der Waals surface area contributed by atoms with E-state index in [0.29, 0.717) is 6.42 Å². The number of hydrogen-bond acceptors (Lipinski definition) is 18. The first-order valence-electron chi connectivity index (χ1n) is 21.3. The predicted molar refractivity (Wildman–Crippen MR) is 217 cm³/mol. The van der Waals surface area contributed by atoms with Crippen LogP contribution in [0.2, 0.25) is 0 Å². The Morgan fingerprint density at radius 3 is 2.06 bits per heavy atom. The summed E-state index contributed by atoms with van der Waals surface area (Å²) in [5, 5.41) is 51.0. The van der Waals surface area contributed by atoms with Crippen molar-refractivity contribution in [3.63, 3.8) is 0 Å². The molecule has 1 unspecified atom stereocenters. The maximum atomic E-state index is 14.3. The van der Waals surface area contributed by atoms with E-state index in [4.69, 9.17) is 53.8 Å². The van der Waals surface area contributed by atoms with Gasteiger partial charge < -0.3 is 74.1 Å². The molecular formula is C42H72N2O18. The van der Waals surface area contributed by atoms with Crippen molar-refractivity contribution in [3.8, 4) is 0 Å². The number of rotatable bonds is 10. The second-order valence-electron chi connectivity index (χ2n) is 18.4. The second-order valence-corrected chi connectivity index (χ2v) is 18.4. The van der Waals surface area contributed by atoms with Gasteiger partial charge in [-0.15, -0.1) is 0 Å². The summed E-state index contributed by atoms with van der Waals surface area (Å²) in [5.74, 6) is -7.04. The molecule has 4 aliphatic heterocycles. The summed E-state index contributed by atoms with van der Waals surface area (Å²) >= 11 is 0. The van der Waals surface area contributed by atoms with Crippen LogP contribution in [0.5, 0.6) is 0 Å². The minimum atomic E-state index is -1.78. The Hall–Kier alpha value is -3.05. The van der Waals surface area contributed by atoms with Crippen LogP contribution in [0.1, 0.15) is 101 Å². The van der Waals surface area contributed by atoms with Crippen LogP contribution in [-0.2, 0) is 57.1 Å². The van der Waals surface area contributed by atoms with Crippen LogP contribution < -0.4 is 5.73 Å². The molecule has 4 fully saturated rings. The summed E-state index contributed by atoms with van der Waals surface area (Å²) in [4.78, 5) is 62.6. The molecule has 7 N–H and O–H groups in total. The van der Waals surface area contributed by atoms with E-state index < -0.39 is 132 Å². The van der Waals surface area contributed by atoms with Crippen molar-refractivity contribution in [1.82, 2.24) is 4.90 Å². The Kier molecular flexibility index (Phi) is 18.3. The van der Waals surface area contributed by atoms with Crippen molar-refractivity contribution in [1.29, 1.82) is 0 Å². The SMILES string of the molecule is CC[C@H]1OC(=O)[C@H](C)[C@@H](O[C@H]2C[C@@](C)(OC)[C@@H](O)[C@H](C)O2)[C@H](C)C(O[C@@H]2O[C@H](C)C[C@H](N(C)C)[C@H]2O)[C@](C)(O)C[C@@H](C)C(=O)[C@H](C)[C@H]2OC(=O)O[C@@]21C.N[C@H](CC(=O)O)C(=O)O.